The summed E-state index contributed by atoms with van der Waals surface area (Å²) in [5.41, 5.74) is 1.37. The van der Waals surface area contributed by atoms with Crippen molar-refractivity contribution in [3.63, 3.8) is 0 Å². The molecule has 0 radical (unpaired) electrons. The van der Waals surface area contributed by atoms with Gasteiger partial charge in [-0.3, -0.25) is 0 Å². The van der Waals surface area contributed by atoms with Gasteiger partial charge in [-0.15, -0.1) is 0 Å². The van der Waals surface area contributed by atoms with Gasteiger partial charge >= 0.3 is 0 Å². The largest absolute Gasteiger partial charge is 0.494 e. The monoisotopic (exact) mass is 263 g/mol. The molecule has 0 saturated carbocycles. The molecule has 0 amide bonds. The third kappa shape index (κ3) is 4.87. The Morgan fingerprint density at radius 3 is 2.11 bits per heavy atom. The highest BCUT2D eigenvalue weighted by molar-refractivity contribution is 5.29. The number of hydrogen-bond donors (Lipinski definition) is 1. The van der Waals surface area contributed by atoms with Crippen LogP contribution in [0.2, 0.25) is 0 Å². The second kappa shape index (κ2) is 8.98. The van der Waals surface area contributed by atoms with Crippen molar-refractivity contribution in [1.29, 1.82) is 0 Å². The van der Waals surface area contributed by atoms with Gasteiger partial charge in [0.15, 0.2) is 0 Å². The van der Waals surface area contributed by atoms with E-state index in [9.17, 15) is 0 Å². The predicted molar refractivity (Wildman–Crippen MR) is 82.7 cm³/mol. The summed E-state index contributed by atoms with van der Waals surface area (Å²) in [5.74, 6) is 1.67. The lowest BCUT2D eigenvalue weighted by Crippen LogP contribution is -2.27. The Kier molecular flexibility index (Phi) is 7.57. The van der Waals surface area contributed by atoms with Crippen molar-refractivity contribution in [2.24, 2.45) is 5.92 Å². The minimum Gasteiger partial charge on any atom is -0.494 e. The predicted octanol–water partition coefficient (Wildman–Crippen LogP) is 4.56. The molecule has 0 aliphatic heterocycles. The van der Waals surface area contributed by atoms with Crippen LogP contribution in [0.25, 0.3) is 0 Å². The smallest absolute Gasteiger partial charge is 0.119 e. The lowest BCUT2D eigenvalue weighted by atomic mass is 9.89. The van der Waals surface area contributed by atoms with Crippen molar-refractivity contribution in [1.82, 2.24) is 5.32 Å². The fraction of sp³-hybridized carbons (Fsp3) is 0.647. The van der Waals surface area contributed by atoms with Gasteiger partial charge in [-0.2, -0.15) is 0 Å². The SMILES string of the molecule is CCCOc1ccc(C(NCC)C(CC)CC)cc1. The molecule has 0 saturated heterocycles. The summed E-state index contributed by atoms with van der Waals surface area (Å²) in [5, 5.41) is 3.62. The van der Waals surface area contributed by atoms with Gasteiger partial charge in [-0.25, -0.2) is 0 Å². The molecule has 2 nitrogen and oxygen atoms in total. The normalized spacial score (nSPS) is 12.7. The van der Waals surface area contributed by atoms with Gasteiger partial charge in [0.05, 0.1) is 6.61 Å². The maximum atomic E-state index is 5.64. The molecule has 0 aromatic heterocycles. The van der Waals surface area contributed by atoms with E-state index >= 15 is 0 Å². The Morgan fingerprint density at radius 2 is 1.63 bits per heavy atom. The number of ether oxygens (including phenoxy) is 1. The molecule has 108 valence electrons. The molecule has 0 bridgehead atoms. The summed E-state index contributed by atoms with van der Waals surface area (Å²) < 4.78 is 5.64. The molecular weight excluding hydrogens is 234 g/mol. The van der Waals surface area contributed by atoms with Crippen molar-refractivity contribution in [2.45, 2.75) is 53.0 Å². The van der Waals surface area contributed by atoms with Crippen molar-refractivity contribution in [2.75, 3.05) is 13.2 Å². The summed E-state index contributed by atoms with van der Waals surface area (Å²) in [7, 11) is 0. The Labute approximate surface area is 118 Å². The molecule has 1 aromatic rings. The van der Waals surface area contributed by atoms with Crippen molar-refractivity contribution in [3.05, 3.63) is 29.8 Å². The molecule has 1 atom stereocenters. The molecule has 1 unspecified atom stereocenters. The summed E-state index contributed by atoms with van der Waals surface area (Å²) in [4.78, 5) is 0. The second-order valence-corrected chi connectivity index (χ2v) is 5.03. The Hall–Kier alpha value is -1.02. The van der Waals surface area contributed by atoms with Gasteiger partial charge in [0, 0.05) is 6.04 Å². The minimum absolute atomic E-state index is 0.459. The highest BCUT2D eigenvalue weighted by Crippen LogP contribution is 2.28. The number of rotatable bonds is 9. The first-order valence-corrected chi connectivity index (χ1v) is 7.72. The zero-order chi connectivity index (χ0) is 14.1. The minimum atomic E-state index is 0.459. The van der Waals surface area contributed by atoms with E-state index in [4.69, 9.17) is 4.74 Å². The maximum Gasteiger partial charge on any atom is 0.119 e. The highest BCUT2D eigenvalue weighted by Gasteiger charge is 2.19. The Balaban J connectivity index is 2.78. The molecule has 0 aliphatic carbocycles. The van der Waals surface area contributed by atoms with E-state index in [0.717, 1.165) is 25.3 Å². The first kappa shape index (κ1) is 16.0. The van der Waals surface area contributed by atoms with E-state index in [1.165, 1.54) is 18.4 Å². The third-order valence-electron chi connectivity index (χ3n) is 3.66. The maximum absolute atomic E-state index is 5.64. The van der Waals surface area contributed by atoms with Crippen LogP contribution >= 0.6 is 0 Å². The molecule has 2 heteroatoms. The molecular formula is C17H29NO. The van der Waals surface area contributed by atoms with Crippen molar-refractivity contribution in [3.8, 4) is 5.75 Å². The zero-order valence-electron chi connectivity index (χ0n) is 12.9. The highest BCUT2D eigenvalue weighted by atomic mass is 16.5. The van der Waals surface area contributed by atoms with Crippen LogP contribution < -0.4 is 10.1 Å². The van der Waals surface area contributed by atoms with Crippen LogP contribution in [-0.4, -0.2) is 13.2 Å². The van der Waals surface area contributed by atoms with Gasteiger partial charge < -0.3 is 10.1 Å². The summed E-state index contributed by atoms with van der Waals surface area (Å²) in [6, 6.07) is 9.06. The van der Waals surface area contributed by atoms with E-state index < -0.39 is 0 Å². The van der Waals surface area contributed by atoms with Gasteiger partial charge in [0.1, 0.15) is 5.75 Å². The van der Waals surface area contributed by atoms with Crippen LogP contribution in [0.3, 0.4) is 0 Å². The van der Waals surface area contributed by atoms with E-state index in [-0.39, 0.29) is 0 Å². The Morgan fingerprint density at radius 1 is 1.00 bits per heavy atom. The van der Waals surface area contributed by atoms with Gasteiger partial charge in [0.25, 0.3) is 0 Å². The molecule has 1 N–H and O–H groups in total. The van der Waals surface area contributed by atoms with E-state index in [1.807, 2.05) is 0 Å². The van der Waals surface area contributed by atoms with E-state index in [2.05, 4.69) is 57.3 Å². The van der Waals surface area contributed by atoms with Crippen LogP contribution in [0.4, 0.5) is 0 Å². The number of benzene rings is 1. The van der Waals surface area contributed by atoms with E-state index in [1.54, 1.807) is 0 Å². The molecule has 1 aromatic carbocycles. The average Bonchev–Trinajstić information content (AvgIpc) is 2.46. The summed E-state index contributed by atoms with van der Waals surface area (Å²) in [6.07, 6.45) is 3.47. The quantitative estimate of drug-likeness (QED) is 0.705. The first-order valence-electron chi connectivity index (χ1n) is 7.72. The van der Waals surface area contributed by atoms with E-state index in [0.29, 0.717) is 12.0 Å². The lowest BCUT2D eigenvalue weighted by molar-refractivity contribution is 0.316. The number of nitrogens with one attached hydrogen (secondary N) is 1. The molecule has 0 spiro atoms. The first-order chi connectivity index (χ1) is 9.26. The van der Waals surface area contributed by atoms with Crippen LogP contribution in [0.1, 0.15) is 58.6 Å². The molecule has 1 rings (SSSR count). The lowest BCUT2D eigenvalue weighted by Gasteiger charge is -2.26. The zero-order valence-corrected chi connectivity index (χ0v) is 12.9. The summed E-state index contributed by atoms with van der Waals surface area (Å²) >= 11 is 0. The topological polar surface area (TPSA) is 21.3 Å². The summed E-state index contributed by atoms with van der Waals surface area (Å²) in [6.45, 7) is 10.7. The van der Waals surface area contributed by atoms with Crippen LogP contribution in [0.5, 0.6) is 5.75 Å². The van der Waals surface area contributed by atoms with Gasteiger partial charge in [0.2, 0.25) is 0 Å². The molecule has 19 heavy (non-hydrogen) atoms. The third-order valence-corrected chi connectivity index (χ3v) is 3.66. The van der Waals surface area contributed by atoms with Crippen molar-refractivity contribution < 1.29 is 4.74 Å². The number of hydrogen-bond acceptors (Lipinski definition) is 2. The van der Waals surface area contributed by atoms with Crippen LogP contribution in [0, 0.1) is 5.92 Å². The van der Waals surface area contributed by atoms with Gasteiger partial charge in [-0.05, 0) is 36.6 Å². The van der Waals surface area contributed by atoms with Gasteiger partial charge in [-0.1, -0.05) is 52.7 Å². The molecule has 0 aliphatic rings. The average molecular weight is 263 g/mol. The fourth-order valence-corrected chi connectivity index (χ4v) is 2.53. The standard InChI is InChI=1S/C17H29NO/c1-5-13-19-16-11-9-15(10-12-16)17(18-8-4)14(6-2)7-3/h9-12,14,17-18H,5-8,13H2,1-4H3. The van der Waals surface area contributed by atoms with Crippen molar-refractivity contribution >= 4 is 0 Å². The van der Waals surface area contributed by atoms with Crippen LogP contribution in [0.15, 0.2) is 24.3 Å². The second-order valence-electron chi connectivity index (χ2n) is 5.03. The van der Waals surface area contributed by atoms with Crippen LogP contribution in [-0.2, 0) is 0 Å². The fourth-order valence-electron chi connectivity index (χ4n) is 2.53. The molecule has 0 heterocycles. The Bertz CT molecular complexity index is 330. The molecule has 0 fully saturated rings.